The van der Waals surface area contributed by atoms with Crippen LogP contribution in [0.3, 0.4) is 0 Å². The number of amides is 1. The van der Waals surface area contributed by atoms with Gasteiger partial charge in [-0.2, -0.15) is 0 Å². The first-order valence-corrected chi connectivity index (χ1v) is 7.77. The highest BCUT2D eigenvalue weighted by Gasteiger charge is 2.33. The van der Waals surface area contributed by atoms with Gasteiger partial charge < -0.3 is 9.64 Å². The van der Waals surface area contributed by atoms with E-state index in [9.17, 15) is 14.9 Å². The molecule has 1 amide bonds. The maximum Gasteiger partial charge on any atom is 0.269 e. The lowest BCUT2D eigenvalue weighted by molar-refractivity contribution is -0.384. The number of nitrogens with zero attached hydrogens (tertiary/aromatic N) is 2. The van der Waals surface area contributed by atoms with E-state index in [1.54, 1.807) is 24.0 Å². The lowest BCUT2D eigenvalue weighted by Gasteiger charge is -2.38. The zero-order chi connectivity index (χ0) is 17.3. The van der Waals surface area contributed by atoms with Gasteiger partial charge in [0.25, 0.3) is 5.69 Å². The molecule has 2 aromatic carbocycles. The molecule has 0 bridgehead atoms. The van der Waals surface area contributed by atoms with Crippen LogP contribution in [0.25, 0.3) is 0 Å². The van der Waals surface area contributed by atoms with Crippen molar-refractivity contribution >= 4 is 17.3 Å². The minimum absolute atomic E-state index is 0.00346. The summed E-state index contributed by atoms with van der Waals surface area (Å²) in [7, 11) is 0. The van der Waals surface area contributed by atoms with Gasteiger partial charge in [-0.15, -0.1) is 0 Å². The summed E-state index contributed by atoms with van der Waals surface area (Å²) in [5, 5.41) is 10.7. The molecule has 6 heteroatoms. The maximum absolute atomic E-state index is 12.0. The normalized spacial score (nSPS) is 19.5. The number of non-ortho nitro benzene ring substituents is 1. The van der Waals surface area contributed by atoms with Gasteiger partial charge in [0.15, 0.2) is 0 Å². The number of nitro groups is 1. The molecule has 124 valence electrons. The number of hydrogen-bond acceptors (Lipinski definition) is 4. The summed E-state index contributed by atoms with van der Waals surface area (Å²) < 4.78 is 6.05. The molecule has 1 aliphatic rings. The van der Waals surface area contributed by atoms with Crippen LogP contribution in [0.2, 0.25) is 0 Å². The number of carbonyl (C=O) groups excluding carboxylic acids is 1. The molecule has 1 aliphatic heterocycles. The van der Waals surface area contributed by atoms with Crippen molar-refractivity contribution in [3.8, 4) is 5.75 Å². The highest BCUT2D eigenvalue weighted by Crippen LogP contribution is 2.39. The average molecular weight is 326 g/mol. The Kier molecular flexibility index (Phi) is 4.20. The van der Waals surface area contributed by atoms with Gasteiger partial charge >= 0.3 is 0 Å². The molecule has 0 aliphatic carbocycles. The lowest BCUT2D eigenvalue weighted by atomic mass is 9.93. The van der Waals surface area contributed by atoms with Crippen molar-refractivity contribution in [2.45, 2.75) is 32.4 Å². The molecule has 0 unspecified atom stereocenters. The smallest absolute Gasteiger partial charge is 0.269 e. The first-order valence-electron chi connectivity index (χ1n) is 7.77. The second kappa shape index (κ2) is 6.31. The summed E-state index contributed by atoms with van der Waals surface area (Å²) in [6, 6.07) is 13.7. The first-order chi connectivity index (χ1) is 11.5. The van der Waals surface area contributed by atoms with Crippen molar-refractivity contribution in [1.29, 1.82) is 0 Å². The second-order valence-corrected chi connectivity index (χ2v) is 5.89. The summed E-state index contributed by atoms with van der Waals surface area (Å²) in [4.78, 5) is 24.0. The first kappa shape index (κ1) is 16.0. The molecule has 2 atom stereocenters. The Bertz CT molecular complexity index is 773. The number of ether oxygens (including phenoxy) is 1. The average Bonchev–Trinajstić information content (AvgIpc) is 2.55. The summed E-state index contributed by atoms with van der Waals surface area (Å²) in [6.45, 7) is 3.55. The van der Waals surface area contributed by atoms with Gasteiger partial charge in [0.2, 0.25) is 5.91 Å². The van der Waals surface area contributed by atoms with E-state index >= 15 is 0 Å². The number of para-hydroxylation sites is 1. The van der Waals surface area contributed by atoms with E-state index in [0.29, 0.717) is 12.2 Å². The minimum atomic E-state index is -0.438. The van der Waals surface area contributed by atoms with E-state index in [0.717, 1.165) is 11.3 Å². The minimum Gasteiger partial charge on any atom is -0.486 e. The van der Waals surface area contributed by atoms with Crippen LogP contribution in [-0.2, 0) is 4.79 Å². The van der Waals surface area contributed by atoms with Crippen LogP contribution in [0.15, 0.2) is 48.5 Å². The quantitative estimate of drug-likeness (QED) is 0.634. The lowest BCUT2D eigenvalue weighted by Crippen LogP contribution is -2.42. The highest BCUT2D eigenvalue weighted by molar-refractivity contribution is 5.93. The molecule has 0 saturated carbocycles. The van der Waals surface area contributed by atoms with E-state index in [-0.39, 0.29) is 23.7 Å². The predicted molar refractivity (Wildman–Crippen MR) is 90.1 cm³/mol. The molecular formula is C18H18N2O4. The summed E-state index contributed by atoms with van der Waals surface area (Å²) in [5.41, 5.74) is 1.84. The van der Waals surface area contributed by atoms with E-state index in [1.807, 2.05) is 31.2 Å². The van der Waals surface area contributed by atoms with Gasteiger partial charge in [-0.3, -0.25) is 14.9 Å². The van der Waals surface area contributed by atoms with Crippen LogP contribution in [0.4, 0.5) is 11.4 Å². The fourth-order valence-electron chi connectivity index (χ4n) is 3.16. The molecule has 3 rings (SSSR count). The van der Waals surface area contributed by atoms with Gasteiger partial charge in [-0.05, 0) is 25.1 Å². The Morgan fingerprint density at radius 3 is 2.50 bits per heavy atom. The number of nitro benzene ring substituents is 1. The zero-order valence-electron chi connectivity index (χ0n) is 13.5. The number of hydrogen-bond donors (Lipinski definition) is 0. The third kappa shape index (κ3) is 2.95. The van der Waals surface area contributed by atoms with Gasteiger partial charge in [0, 0.05) is 37.1 Å². The van der Waals surface area contributed by atoms with Crippen LogP contribution in [0.5, 0.6) is 5.75 Å². The summed E-state index contributed by atoms with van der Waals surface area (Å²) in [5.74, 6) is 0.576. The van der Waals surface area contributed by atoms with Gasteiger partial charge in [-0.25, -0.2) is 0 Å². The Morgan fingerprint density at radius 1 is 1.21 bits per heavy atom. The number of carbonyl (C=O) groups is 1. The fraction of sp³-hybridized carbons (Fsp3) is 0.278. The zero-order valence-corrected chi connectivity index (χ0v) is 13.5. The van der Waals surface area contributed by atoms with Crippen LogP contribution < -0.4 is 9.64 Å². The van der Waals surface area contributed by atoms with Crippen molar-refractivity contribution in [2.75, 3.05) is 4.90 Å². The van der Waals surface area contributed by atoms with Gasteiger partial charge in [0.05, 0.1) is 10.6 Å². The van der Waals surface area contributed by atoms with Gasteiger partial charge in [0.1, 0.15) is 11.9 Å². The second-order valence-electron chi connectivity index (χ2n) is 5.89. The van der Waals surface area contributed by atoms with Crippen LogP contribution in [0, 0.1) is 10.1 Å². The standard InChI is InChI=1S/C18H18N2O4/c1-12-11-18(24-15-9-7-14(8-10-15)20(22)23)16-5-3-4-6-17(16)19(12)13(2)21/h3-10,12,18H,11H2,1-2H3/t12-,18+/m0/s1. The van der Waals surface area contributed by atoms with Crippen molar-refractivity contribution in [3.63, 3.8) is 0 Å². The van der Waals surface area contributed by atoms with Crippen molar-refractivity contribution in [1.82, 2.24) is 0 Å². The molecule has 0 radical (unpaired) electrons. The van der Waals surface area contributed by atoms with E-state index < -0.39 is 4.92 Å². The number of rotatable bonds is 3. The molecule has 2 aromatic rings. The molecule has 0 aromatic heterocycles. The molecule has 0 N–H and O–H groups in total. The summed E-state index contributed by atoms with van der Waals surface area (Å²) >= 11 is 0. The number of fused-ring (bicyclic) bond motifs is 1. The number of anilines is 1. The fourth-order valence-corrected chi connectivity index (χ4v) is 3.16. The van der Waals surface area contributed by atoms with Crippen molar-refractivity contribution in [3.05, 3.63) is 64.2 Å². The molecule has 24 heavy (non-hydrogen) atoms. The van der Waals surface area contributed by atoms with Gasteiger partial charge in [-0.1, -0.05) is 18.2 Å². The SMILES string of the molecule is CC(=O)N1c2ccccc2[C@H](Oc2ccc([N+](=O)[O-])cc2)C[C@@H]1C. The van der Waals surface area contributed by atoms with E-state index in [2.05, 4.69) is 0 Å². The maximum atomic E-state index is 12.0. The molecule has 0 saturated heterocycles. The van der Waals surface area contributed by atoms with Crippen LogP contribution in [-0.4, -0.2) is 16.9 Å². The van der Waals surface area contributed by atoms with Crippen molar-refractivity contribution < 1.29 is 14.5 Å². The van der Waals surface area contributed by atoms with Crippen LogP contribution >= 0.6 is 0 Å². The van der Waals surface area contributed by atoms with E-state index in [4.69, 9.17) is 4.74 Å². The Hall–Kier alpha value is -2.89. The van der Waals surface area contributed by atoms with Crippen LogP contribution in [0.1, 0.15) is 31.9 Å². The summed E-state index contributed by atoms with van der Waals surface area (Å²) in [6.07, 6.45) is 0.460. The molecule has 1 heterocycles. The Balaban J connectivity index is 1.90. The molecule has 6 nitrogen and oxygen atoms in total. The third-order valence-corrected chi connectivity index (χ3v) is 4.20. The topological polar surface area (TPSA) is 72.7 Å². The molecule has 0 fully saturated rings. The number of benzene rings is 2. The predicted octanol–water partition coefficient (Wildman–Crippen LogP) is 3.86. The molecule has 0 spiro atoms. The monoisotopic (exact) mass is 326 g/mol. The largest absolute Gasteiger partial charge is 0.486 e. The van der Waals surface area contributed by atoms with Crippen molar-refractivity contribution in [2.24, 2.45) is 0 Å². The Labute approximate surface area is 139 Å². The highest BCUT2D eigenvalue weighted by atomic mass is 16.6. The molecular weight excluding hydrogens is 308 g/mol. The third-order valence-electron chi connectivity index (χ3n) is 4.20. The van der Waals surface area contributed by atoms with E-state index in [1.165, 1.54) is 12.1 Å². The Morgan fingerprint density at radius 2 is 1.88 bits per heavy atom.